The first kappa shape index (κ1) is 19.4. The van der Waals surface area contributed by atoms with Crippen molar-refractivity contribution in [2.24, 2.45) is 7.05 Å². The van der Waals surface area contributed by atoms with Crippen LogP contribution in [-0.4, -0.2) is 59.8 Å². The van der Waals surface area contributed by atoms with Gasteiger partial charge in [-0.2, -0.15) is 0 Å². The number of carbonyl (C=O) groups is 1. The molecule has 3 rings (SSSR count). The summed E-state index contributed by atoms with van der Waals surface area (Å²) in [4.78, 5) is 16.9. The van der Waals surface area contributed by atoms with Crippen LogP contribution in [0, 0.1) is 5.82 Å². The molecule has 0 unspecified atom stereocenters. The maximum absolute atomic E-state index is 13.9. The second-order valence-corrected chi connectivity index (χ2v) is 6.75. The van der Waals surface area contributed by atoms with Gasteiger partial charge in [0.2, 0.25) is 0 Å². The minimum Gasteiger partial charge on any atom is -0.379 e. The van der Waals surface area contributed by atoms with Crippen molar-refractivity contribution in [3.63, 3.8) is 0 Å². The lowest BCUT2D eigenvalue weighted by Gasteiger charge is -2.28. The van der Waals surface area contributed by atoms with Gasteiger partial charge >= 0.3 is 6.03 Å². The number of nitrogens with one attached hydrogen (secondary N) is 1. The van der Waals surface area contributed by atoms with Crippen LogP contribution in [0.25, 0.3) is 0 Å². The highest BCUT2D eigenvalue weighted by Crippen LogP contribution is 2.15. The average Bonchev–Trinajstić information content (AvgIpc) is 3.08. The van der Waals surface area contributed by atoms with Crippen molar-refractivity contribution >= 4 is 11.7 Å². The summed E-state index contributed by atoms with van der Waals surface area (Å²) in [6.07, 6.45) is 2.81. The number of carbonyl (C=O) groups excluding carboxylic acids is 1. The van der Waals surface area contributed by atoms with Gasteiger partial charge in [-0.1, -0.05) is 12.1 Å². The minimum atomic E-state index is -0.432. The molecule has 0 radical (unpaired) electrons. The van der Waals surface area contributed by atoms with E-state index in [0.29, 0.717) is 13.1 Å². The lowest BCUT2D eigenvalue weighted by molar-refractivity contribution is 0.0365. The van der Waals surface area contributed by atoms with E-state index < -0.39 is 5.82 Å². The molecule has 2 aromatic rings. The van der Waals surface area contributed by atoms with Crippen LogP contribution in [0.1, 0.15) is 12.1 Å². The number of anilines is 1. The Bertz CT molecular complexity index is 743. The van der Waals surface area contributed by atoms with Crippen molar-refractivity contribution < 1.29 is 13.9 Å². The standard InChI is InChI=1S/C20H27FN4O2/c1-23-9-4-6-17(23)16-25(11-5-10-24-12-14-27-15-13-24)20(26)22-19-8-3-2-7-18(19)21/h2-4,6-9H,5,10-16H2,1H3,(H,22,26). The van der Waals surface area contributed by atoms with Gasteiger partial charge in [0.05, 0.1) is 25.4 Å². The first-order chi connectivity index (χ1) is 13.1. The van der Waals surface area contributed by atoms with E-state index in [2.05, 4.69) is 10.2 Å². The van der Waals surface area contributed by atoms with Gasteiger partial charge in [-0.25, -0.2) is 9.18 Å². The van der Waals surface area contributed by atoms with Crippen LogP contribution < -0.4 is 5.32 Å². The van der Waals surface area contributed by atoms with Crippen LogP contribution in [0.5, 0.6) is 0 Å². The molecule has 0 spiro atoms. The first-order valence-electron chi connectivity index (χ1n) is 9.34. The molecule has 0 saturated carbocycles. The molecule has 2 heterocycles. The van der Waals surface area contributed by atoms with Crippen LogP contribution in [0.4, 0.5) is 14.9 Å². The third-order valence-electron chi connectivity index (χ3n) is 4.81. The highest BCUT2D eigenvalue weighted by atomic mass is 19.1. The van der Waals surface area contributed by atoms with E-state index >= 15 is 0 Å². The van der Waals surface area contributed by atoms with Crippen molar-refractivity contribution in [1.29, 1.82) is 0 Å². The van der Waals surface area contributed by atoms with Gasteiger partial charge in [0.25, 0.3) is 0 Å². The van der Waals surface area contributed by atoms with E-state index in [-0.39, 0.29) is 11.7 Å². The van der Waals surface area contributed by atoms with E-state index in [4.69, 9.17) is 4.74 Å². The number of halogens is 1. The summed E-state index contributed by atoms with van der Waals surface area (Å²) in [5, 5.41) is 2.70. The summed E-state index contributed by atoms with van der Waals surface area (Å²) >= 11 is 0. The monoisotopic (exact) mass is 374 g/mol. The fraction of sp³-hybridized carbons (Fsp3) is 0.450. The van der Waals surface area contributed by atoms with Crippen molar-refractivity contribution in [3.8, 4) is 0 Å². The molecular formula is C20H27FN4O2. The van der Waals surface area contributed by atoms with E-state index in [1.165, 1.54) is 6.07 Å². The average molecular weight is 374 g/mol. The Kier molecular flexibility index (Phi) is 6.84. The first-order valence-corrected chi connectivity index (χ1v) is 9.34. The van der Waals surface area contributed by atoms with Crippen molar-refractivity contribution in [3.05, 3.63) is 54.1 Å². The normalized spacial score (nSPS) is 14.9. The molecule has 1 aromatic carbocycles. The van der Waals surface area contributed by atoms with E-state index in [9.17, 15) is 9.18 Å². The van der Waals surface area contributed by atoms with E-state index in [1.807, 2.05) is 29.9 Å². The number of ether oxygens (including phenoxy) is 1. The van der Waals surface area contributed by atoms with Crippen molar-refractivity contribution in [2.45, 2.75) is 13.0 Å². The molecule has 0 atom stereocenters. The summed E-state index contributed by atoms with van der Waals surface area (Å²) in [7, 11) is 1.95. The van der Waals surface area contributed by atoms with Gasteiger partial charge in [-0.15, -0.1) is 0 Å². The summed E-state index contributed by atoms with van der Waals surface area (Å²) in [5.41, 5.74) is 1.23. The summed E-state index contributed by atoms with van der Waals surface area (Å²) in [6.45, 7) is 5.38. The maximum Gasteiger partial charge on any atom is 0.322 e. The number of urea groups is 1. The van der Waals surface area contributed by atoms with Gasteiger partial charge in [-0.3, -0.25) is 4.90 Å². The molecule has 1 aromatic heterocycles. The summed E-state index contributed by atoms with van der Waals surface area (Å²) < 4.78 is 21.3. The van der Waals surface area contributed by atoms with E-state index in [0.717, 1.165) is 45.0 Å². The molecule has 7 heteroatoms. The SMILES string of the molecule is Cn1cccc1CN(CCCN1CCOCC1)C(=O)Nc1ccccc1F. The van der Waals surface area contributed by atoms with Crippen LogP contribution in [0.2, 0.25) is 0 Å². The van der Waals surface area contributed by atoms with Gasteiger partial charge in [0.1, 0.15) is 5.82 Å². The molecule has 1 N–H and O–H groups in total. The molecule has 1 fully saturated rings. The Hall–Kier alpha value is -2.38. The second-order valence-electron chi connectivity index (χ2n) is 6.75. The third kappa shape index (κ3) is 5.55. The molecule has 1 aliphatic rings. The Balaban J connectivity index is 1.62. The van der Waals surface area contributed by atoms with E-state index in [1.54, 1.807) is 23.1 Å². The van der Waals surface area contributed by atoms with Gasteiger partial charge in [-0.05, 0) is 30.7 Å². The Morgan fingerprint density at radius 1 is 1.22 bits per heavy atom. The van der Waals surface area contributed by atoms with Gasteiger partial charge < -0.3 is 19.5 Å². The predicted molar refractivity (Wildman–Crippen MR) is 103 cm³/mol. The Morgan fingerprint density at radius 3 is 2.70 bits per heavy atom. The number of aromatic nitrogens is 1. The molecule has 2 amide bonds. The quantitative estimate of drug-likeness (QED) is 0.811. The molecule has 1 saturated heterocycles. The highest BCUT2D eigenvalue weighted by Gasteiger charge is 2.18. The molecule has 1 aliphatic heterocycles. The number of hydrogen-bond acceptors (Lipinski definition) is 3. The van der Waals surface area contributed by atoms with Gasteiger partial charge in [0, 0.05) is 45.1 Å². The van der Waals surface area contributed by atoms with Crippen molar-refractivity contribution in [1.82, 2.24) is 14.4 Å². The minimum absolute atomic E-state index is 0.201. The topological polar surface area (TPSA) is 49.7 Å². The highest BCUT2D eigenvalue weighted by molar-refractivity contribution is 5.89. The Labute approximate surface area is 159 Å². The van der Waals surface area contributed by atoms with Crippen LogP contribution in [-0.2, 0) is 18.3 Å². The molecule has 27 heavy (non-hydrogen) atoms. The number of benzene rings is 1. The van der Waals surface area contributed by atoms with Gasteiger partial charge in [0.15, 0.2) is 0 Å². The maximum atomic E-state index is 13.9. The number of amides is 2. The van der Waals surface area contributed by atoms with Crippen LogP contribution in [0.15, 0.2) is 42.6 Å². The third-order valence-corrected chi connectivity index (χ3v) is 4.81. The smallest absolute Gasteiger partial charge is 0.322 e. The molecule has 0 aliphatic carbocycles. The number of nitrogens with zero attached hydrogens (tertiary/aromatic N) is 3. The van der Waals surface area contributed by atoms with Crippen LogP contribution >= 0.6 is 0 Å². The zero-order valence-electron chi connectivity index (χ0n) is 15.7. The molecule has 0 bridgehead atoms. The fourth-order valence-corrected chi connectivity index (χ4v) is 3.18. The summed E-state index contributed by atoms with van der Waals surface area (Å²) in [5.74, 6) is -0.432. The number of hydrogen-bond donors (Lipinski definition) is 1. The predicted octanol–water partition coefficient (Wildman–Crippen LogP) is 2.92. The number of para-hydroxylation sites is 1. The van der Waals surface area contributed by atoms with Crippen LogP contribution in [0.3, 0.4) is 0 Å². The zero-order valence-corrected chi connectivity index (χ0v) is 15.7. The second kappa shape index (κ2) is 9.53. The number of aryl methyl sites for hydroxylation is 1. The summed E-state index contributed by atoms with van der Waals surface area (Å²) in [6, 6.07) is 9.88. The molecule has 6 nitrogen and oxygen atoms in total. The number of rotatable bonds is 7. The lowest BCUT2D eigenvalue weighted by Crippen LogP contribution is -2.40. The number of morpholine rings is 1. The largest absolute Gasteiger partial charge is 0.379 e. The zero-order chi connectivity index (χ0) is 19.1. The molecular weight excluding hydrogens is 347 g/mol. The lowest BCUT2D eigenvalue weighted by atomic mass is 10.3. The molecule has 146 valence electrons. The van der Waals surface area contributed by atoms with Crippen molar-refractivity contribution in [2.75, 3.05) is 44.7 Å². The fourth-order valence-electron chi connectivity index (χ4n) is 3.18. The Morgan fingerprint density at radius 2 is 2.00 bits per heavy atom.